The Morgan fingerprint density at radius 1 is 1.44 bits per heavy atom. The molecule has 0 saturated heterocycles. The number of methoxy groups -OCH3 is 1. The van der Waals surface area contributed by atoms with Crippen LogP contribution in [-0.4, -0.2) is 23.4 Å². The van der Waals surface area contributed by atoms with E-state index in [0.29, 0.717) is 11.3 Å². The number of phenols is 1. The highest BCUT2D eigenvalue weighted by Crippen LogP contribution is 2.39. The zero-order valence-corrected chi connectivity index (χ0v) is 9.26. The topological polar surface area (TPSA) is 75.7 Å². The van der Waals surface area contributed by atoms with E-state index in [2.05, 4.69) is 0 Å². The maximum absolute atomic E-state index is 9.89. The van der Waals surface area contributed by atoms with Gasteiger partial charge >= 0.3 is 0 Å². The molecule has 1 aromatic carbocycles. The minimum absolute atomic E-state index is 0.0755. The lowest BCUT2D eigenvalue weighted by Crippen LogP contribution is -2.27. The Bertz CT molecular complexity index is 377. The molecule has 1 aromatic rings. The highest BCUT2D eigenvalue weighted by molar-refractivity contribution is 5.41. The molecule has 1 saturated carbocycles. The number of aromatic hydroxyl groups is 1. The normalized spacial score (nSPS) is 19.2. The number of nitrogens with two attached hydrogens (primary N) is 1. The lowest BCUT2D eigenvalue weighted by atomic mass is 9.98. The molecule has 88 valence electrons. The van der Waals surface area contributed by atoms with Crippen LogP contribution in [0.1, 0.15) is 24.4 Å². The van der Waals surface area contributed by atoms with E-state index in [-0.39, 0.29) is 11.7 Å². The molecule has 1 aliphatic carbocycles. The standard InChI is InChI=1S/C12H17NO3/c1-16-8-4-5-9(10(14)6-8)11(13)12(15)7-2-3-7/h4-7,11-12,14-15H,2-3,13H2,1H3/t11-,12+/m0/s1. The van der Waals surface area contributed by atoms with Gasteiger partial charge in [-0.3, -0.25) is 0 Å². The molecule has 0 heterocycles. The molecule has 2 rings (SSSR count). The van der Waals surface area contributed by atoms with Crippen molar-refractivity contribution in [3.63, 3.8) is 0 Å². The Morgan fingerprint density at radius 2 is 2.12 bits per heavy atom. The maximum atomic E-state index is 9.89. The molecule has 0 spiro atoms. The molecule has 0 unspecified atom stereocenters. The minimum atomic E-state index is -0.570. The van der Waals surface area contributed by atoms with E-state index in [1.807, 2.05) is 0 Å². The average Bonchev–Trinajstić information content (AvgIpc) is 3.10. The molecule has 0 aliphatic heterocycles. The Kier molecular flexibility index (Phi) is 3.03. The number of rotatable bonds is 4. The van der Waals surface area contributed by atoms with Crippen molar-refractivity contribution in [2.75, 3.05) is 7.11 Å². The van der Waals surface area contributed by atoms with Crippen LogP contribution in [0.3, 0.4) is 0 Å². The third kappa shape index (κ3) is 2.13. The van der Waals surface area contributed by atoms with Crippen molar-refractivity contribution in [3.8, 4) is 11.5 Å². The number of aliphatic hydroxyl groups is 1. The van der Waals surface area contributed by atoms with Crippen LogP contribution in [0.25, 0.3) is 0 Å². The third-order valence-corrected chi connectivity index (χ3v) is 3.07. The van der Waals surface area contributed by atoms with Gasteiger partial charge in [0.25, 0.3) is 0 Å². The smallest absolute Gasteiger partial charge is 0.124 e. The van der Waals surface area contributed by atoms with Gasteiger partial charge in [0, 0.05) is 11.6 Å². The van der Waals surface area contributed by atoms with Crippen molar-refractivity contribution in [3.05, 3.63) is 23.8 Å². The predicted octanol–water partition coefficient (Wildman–Crippen LogP) is 1.17. The molecule has 0 bridgehead atoms. The molecular formula is C12H17NO3. The number of aliphatic hydroxyl groups excluding tert-OH is 1. The van der Waals surface area contributed by atoms with Crippen LogP contribution >= 0.6 is 0 Å². The molecule has 16 heavy (non-hydrogen) atoms. The van der Waals surface area contributed by atoms with Gasteiger partial charge in [-0.05, 0) is 30.9 Å². The van der Waals surface area contributed by atoms with Gasteiger partial charge in [0.05, 0.1) is 19.3 Å². The first-order valence-corrected chi connectivity index (χ1v) is 5.44. The zero-order chi connectivity index (χ0) is 11.7. The summed E-state index contributed by atoms with van der Waals surface area (Å²) in [5.74, 6) is 0.942. The third-order valence-electron chi connectivity index (χ3n) is 3.07. The van der Waals surface area contributed by atoms with E-state index < -0.39 is 12.1 Å². The summed E-state index contributed by atoms with van der Waals surface area (Å²) in [6.45, 7) is 0. The van der Waals surface area contributed by atoms with E-state index >= 15 is 0 Å². The van der Waals surface area contributed by atoms with Crippen LogP contribution in [0.4, 0.5) is 0 Å². The first-order chi connectivity index (χ1) is 7.63. The van der Waals surface area contributed by atoms with Gasteiger partial charge in [-0.15, -0.1) is 0 Å². The number of hydrogen-bond donors (Lipinski definition) is 3. The molecule has 4 heteroatoms. The fourth-order valence-electron chi connectivity index (χ4n) is 1.85. The van der Waals surface area contributed by atoms with Gasteiger partial charge in [0.2, 0.25) is 0 Å². The van der Waals surface area contributed by atoms with Gasteiger partial charge in [-0.2, -0.15) is 0 Å². The Balaban J connectivity index is 2.18. The second-order valence-electron chi connectivity index (χ2n) is 4.28. The number of phenolic OH excluding ortho intramolecular Hbond substituents is 1. The van der Waals surface area contributed by atoms with Gasteiger partial charge < -0.3 is 20.7 Å². The predicted molar refractivity (Wildman–Crippen MR) is 60.3 cm³/mol. The fourth-order valence-corrected chi connectivity index (χ4v) is 1.85. The van der Waals surface area contributed by atoms with Crippen LogP contribution in [0, 0.1) is 5.92 Å². The molecule has 0 radical (unpaired) electrons. The molecule has 4 N–H and O–H groups in total. The van der Waals surface area contributed by atoms with E-state index in [4.69, 9.17) is 10.5 Å². The van der Waals surface area contributed by atoms with E-state index in [9.17, 15) is 10.2 Å². The van der Waals surface area contributed by atoms with E-state index in [1.54, 1.807) is 12.1 Å². The highest BCUT2D eigenvalue weighted by atomic mass is 16.5. The quantitative estimate of drug-likeness (QED) is 0.716. The summed E-state index contributed by atoms with van der Waals surface area (Å²) in [7, 11) is 1.54. The monoisotopic (exact) mass is 223 g/mol. The van der Waals surface area contributed by atoms with Crippen molar-refractivity contribution < 1.29 is 14.9 Å². The summed E-state index contributed by atoms with van der Waals surface area (Å²) in [5, 5.41) is 19.7. The highest BCUT2D eigenvalue weighted by Gasteiger charge is 2.35. The number of hydrogen-bond acceptors (Lipinski definition) is 4. The first-order valence-electron chi connectivity index (χ1n) is 5.44. The number of benzene rings is 1. The van der Waals surface area contributed by atoms with Gasteiger partial charge in [-0.25, -0.2) is 0 Å². The van der Waals surface area contributed by atoms with Gasteiger partial charge in [0.15, 0.2) is 0 Å². The number of ether oxygens (including phenoxy) is 1. The second kappa shape index (κ2) is 4.31. The lowest BCUT2D eigenvalue weighted by Gasteiger charge is -2.20. The van der Waals surface area contributed by atoms with Crippen LogP contribution in [0.2, 0.25) is 0 Å². The molecule has 0 aromatic heterocycles. The Morgan fingerprint density at radius 3 is 2.62 bits per heavy atom. The van der Waals surface area contributed by atoms with Gasteiger partial charge in [0.1, 0.15) is 11.5 Å². The molecular weight excluding hydrogens is 206 g/mol. The van der Waals surface area contributed by atoms with Crippen molar-refractivity contribution in [2.24, 2.45) is 11.7 Å². The summed E-state index contributed by atoms with van der Waals surface area (Å²) < 4.78 is 4.99. The summed E-state index contributed by atoms with van der Waals surface area (Å²) in [5.41, 5.74) is 6.49. The van der Waals surface area contributed by atoms with E-state index in [1.165, 1.54) is 13.2 Å². The van der Waals surface area contributed by atoms with Crippen molar-refractivity contribution >= 4 is 0 Å². The van der Waals surface area contributed by atoms with E-state index in [0.717, 1.165) is 12.8 Å². The molecule has 0 amide bonds. The summed E-state index contributed by atoms with van der Waals surface area (Å²) in [6.07, 6.45) is 1.47. The molecule has 2 atom stereocenters. The lowest BCUT2D eigenvalue weighted by molar-refractivity contribution is 0.121. The first kappa shape index (κ1) is 11.2. The molecule has 1 aliphatic rings. The summed E-state index contributed by atoms with van der Waals surface area (Å²) in [6, 6.07) is 4.41. The Labute approximate surface area is 94.7 Å². The van der Waals surface area contributed by atoms with Crippen molar-refractivity contribution in [2.45, 2.75) is 25.0 Å². The maximum Gasteiger partial charge on any atom is 0.124 e. The zero-order valence-electron chi connectivity index (χ0n) is 9.26. The Hall–Kier alpha value is -1.26. The minimum Gasteiger partial charge on any atom is -0.507 e. The van der Waals surface area contributed by atoms with Gasteiger partial charge in [-0.1, -0.05) is 0 Å². The van der Waals surface area contributed by atoms with Crippen LogP contribution < -0.4 is 10.5 Å². The fraction of sp³-hybridized carbons (Fsp3) is 0.500. The molecule has 4 nitrogen and oxygen atoms in total. The van der Waals surface area contributed by atoms with Crippen LogP contribution in [0.5, 0.6) is 11.5 Å². The SMILES string of the molecule is COc1ccc([C@H](N)[C@H](O)C2CC2)c(O)c1. The van der Waals surface area contributed by atoms with Crippen molar-refractivity contribution in [1.82, 2.24) is 0 Å². The molecule has 1 fully saturated rings. The summed E-state index contributed by atoms with van der Waals surface area (Å²) >= 11 is 0. The van der Waals surface area contributed by atoms with Crippen LogP contribution in [-0.2, 0) is 0 Å². The second-order valence-corrected chi connectivity index (χ2v) is 4.28. The van der Waals surface area contributed by atoms with Crippen LogP contribution in [0.15, 0.2) is 18.2 Å². The largest absolute Gasteiger partial charge is 0.507 e. The van der Waals surface area contributed by atoms with Crippen molar-refractivity contribution in [1.29, 1.82) is 0 Å². The average molecular weight is 223 g/mol. The summed E-state index contributed by atoms with van der Waals surface area (Å²) in [4.78, 5) is 0.